The normalized spacial score (nSPS) is 34.2. The van der Waals surface area contributed by atoms with Crippen molar-refractivity contribution >= 4 is 34.9 Å². The zero-order chi connectivity index (χ0) is 19.9. The number of ether oxygens (including phenoxy) is 1. The number of thioether (sulfide) groups is 1. The minimum atomic E-state index is -3.11. The zero-order valence-electron chi connectivity index (χ0n) is 14.4. The standard InChI is InChI=1S/C16H20N2O7S/c1-8(19)14(22)7-26-13(25-11-5-4-6-18-12(11)17)15(23,9(2)20)16(14,24)10(3)21/h4-6,13,22-24H,7H2,1-3H3,(H2,17,18)/t13-,14-,15-,16-/m0/s1. The Bertz CT molecular complexity index is 773. The Balaban J connectivity index is 2.64. The quantitative estimate of drug-likeness (QED) is 0.499. The van der Waals surface area contributed by atoms with Crippen LogP contribution in [0.2, 0.25) is 0 Å². The Labute approximate surface area is 153 Å². The van der Waals surface area contributed by atoms with Crippen LogP contribution in [0.4, 0.5) is 5.82 Å². The number of carbonyl (C=O) groups excluding carboxylic acids is 3. The predicted molar refractivity (Wildman–Crippen MR) is 92.4 cm³/mol. The summed E-state index contributed by atoms with van der Waals surface area (Å²) in [5.74, 6) is -3.71. The minimum absolute atomic E-state index is 0.00356. The number of aromatic nitrogens is 1. The molecule has 5 N–H and O–H groups in total. The Hall–Kier alpha value is -2.01. The number of ketones is 3. The molecule has 0 bridgehead atoms. The first kappa shape index (κ1) is 20.3. The lowest BCUT2D eigenvalue weighted by Crippen LogP contribution is -2.82. The second-order valence-corrected chi connectivity index (χ2v) is 7.20. The van der Waals surface area contributed by atoms with Crippen LogP contribution in [-0.2, 0) is 14.4 Å². The Morgan fingerprint density at radius 1 is 1.19 bits per heavy atom. The summed E-state index contributed by atoms with van der Waals surface area (Å²) >= 11 is 0.698. The summed E-state index contributed by atoms with van der Waals surface area (Å²) < 4.78 is 5.55. The molecule has 26 heavy (non-hydrogen) atoms. The first-order valence-corrected chi connectivity index (χ1v) is 8.66. The van der Waals surface area contributed by atoms with Gasteiger partial charge in [-0.1, -0.05) is 0 Å². The van der Waals surface area contributed by atoms with Crippen LogP contribution in [0.5, 0.6) is 5.75 Å². The van der Waals surface area contributed by atoms with Crippen LogP contribution in [0.15, 0.2) is 18.3 Å². The van der Waals surface area contributed by atoms with Gasteiger partial charge in [-0.25, -0.2) is 4.98 Å². The summed E-state index contributed by atoms with van der Waals surface area (Å²) in [5.41, 5.74) is -4.54. The van der Waals surface area contributed by atoms with Gasteiger partial charge in [0.05, 0.1) is 0 Å². The van der Waals surface area contributed by atoms with Crippen molar-refractivity contribution in [2.75, 3.05) is 11.5 Å². The van der Waals surface area contributed by atoms with E-state index in [2.05, 4.69) is 4.98 Å². The lowest BCUT2D eigenvalue weighted by Gasteiger charge is -2.54. The van der Waals surface area contributed by atoms with Gasteiger partial charge in [-0.3, -0.25) is 14.4 Å². The Morgan fingerprint density at radius 3 is 2.27 bits per heavy atom. The maximum atomic E-state index is 12.3. The second-order valence-electron chi connectivity index (χ2n) is 6.15. The van der Waals surface area contributed by atoms with Crippen molar-refractivity contribution in [2.45, 2.75) is 43.0 Å². The molecule has 1 aromatic heterocycles. The molecule has 0 unspecified atom stereocenters. The lowest BCUT2D eigenvalue weighted by molar-refractivity contribution is -0.235. The molecule has 1 aromatic rings. The number of carbonyl (C=O) groups is 3. The number of hydrogen-bond acceptors (Lipinski definition) is 10. The highest BCUT2D eigenvalue weighted by molar-refractivity contribution is 8.00. The van der Waals surface area contributed by atoms with E-state index in [4.69, 9.17) is 10.5 Å². The van der Waals surface area contributed by atoms with Crippen molar-refractivity contribution in [1.82, 2.24) is 4.98 Å². The Kier molecular flexibility index (Phi) is 5.17. The molecule has 0 spiro atoms. The van der Waals surface area contributed by atoms with E-state index in [9.17, 15) is 29.7 Å². The van der Waals surface area contributed by atoms with Gasteiger partial charge in [-0.2, -0.15) is 0 Å². The van der Waals surface area contributed by atoms with Crippen molar-refractivity contribution in [3.05, 3.63) is 18.3 Å². The number of pyridine rings is 1. The highest BCUT2D eigenvalue weighted by Crippen LogP contribution is 2.49. The number of nitrogens with two attached hydrogens (primary N) is 1. The van der Waals surface area contributed by atoms with E-state index in [1.54, 1.807) is 0 Å². The molecule has 0 saturated carbocycles. The molecule has 1 fully saturated rings. The number of nitrogens with zero attached hydrogens (tertiary/aromatic N) is 1. The number of rotatable bonds is 5. The second kappa shape index (κ2) is 6.62. The van der Waals surface area contributed by atoms with Crippen LogP contribution in [0.3, 0.4) is 0 Å². The van der Waals surface area contributed by atoms with E-state index >= 15 is 0 Å². The summed E-state index contributed by atoms with van der Waals surface area (Å²) in [4.78, 5) is 40.4. The molecule has 9 nitrogen and oxygen atoms in total. The van der Waals surface area contributed by atoms with Crippen LogP contribution in [0.1, 0.15) is 20.8 Å². The third-order valence-corrected chi connectivity index (χ3v) is 5.92. The van der Waals surface area contributed by atoms with Crippen LogP contribution < -0.4 is 10.5 Å². The Morgan fingerprint density at radius 2 is 1.81 bits per heavy atom. The first-order chi connectivity index (χ1) is 11.9. The largest absolute Gasteiger partial charge is 0.472 e. The maximum absolute atomic E-state index is 12.3. The van der Waals surface area contributed by atoms with Crippen LogP contribution in [-0.4, -0.2) is 65.6 Å². The van der Waals surface area contributed by atoms with E-state index in [0.29, 0.717) is 11.8 Å². The van der Waals surface area contributed by atoms with Crippen molar-refractivity contribution in [3.8, 4) is 5.75 Å². The van der Waals surface area contributed by atoms with E-state index in [-0.39, 0.29) is 11.6 Å². The molecule has 1 aliphatic rings. The van der Waals surface area contributed by atoms with E-state index in [1.165, 1.54) is 18.3 Å². The van der Waals surface area contributed by atoms with Crippen molar-refractivity contribution < 1.29 is 34.4 Å². The molecule has 0 aromatic carbocycles. The monoisotopic (exact) mass is 384 g/mol. The predicted octanol–water partition coefficient (Wildman–Crippen LogP) is -0.924. The molecule has 2 heterocycles. The maximum Gasteiger partial charge on any atom is 0.208 e. The molecule has 1 aliphatic heterocycles. The topological polar surface area (TPSA) is 160 Å². The average Bonchev–Trinajstić information content (AvgIpc) is 2.56. The summed E-state index contributed by atoms with van der Waals surface area (Å²) in [6, 6.07) is 2.91. The molecular weight excluding hydrogens is 364 g/mol. The zero-order valence-corrected chi connectivity index (χ0v) is 15.2. The molecule has 4 atom stereocenters. The highest BCUT2D eigenvalue weighted by atomic mass is 32.2. The third kappa shape index (κ3) is 2.60. The van der Waals surface area contributed by atoms with Gasteiger partial charge in [0.2, 0.25) is 5.60 Å². The van der Waals surface area contributed by atoms with Gasteiger partial charge < -0.3 is 25.8 Å². The highest BCUT2D eigenvalue weighted by Gasteiger charge is 2.75. The SMILES string of the molecule is CC(=O)[C@]1(O)[C@@](O)(C(C)=O)CS[C@H](Oc2cccnc2N)[C@@]1(O)C(C)=O. The molecule has 0 amide bonds. The molecule has 2 rings (SSSR count). The van der Waals surface area contributed by atoms with Crippen molar-refractivity contribution in [1.29, 1.82) is 0 Å². The molecule has 142 valence electrons. The van der Waals surface area contributed by atoms with Crippen molar-refractivity contribution in [3.63, 3.8) is 0 Å². The summed E-state index contributed by atoms with van der Waals surface area (Å²) in [5, 5.41) is 32.8. The molecule has 10 heteroatoms. The molecular formula is C16H20N2O7S. The fourth-order valence-corrected chi connectivity index (χ4v) is 4.54. The fraction of sp³-hybridized carbons (Fsp3) is 0.500. The van der Waals surface area contributed by atoms with Gasteiger partial charge in [-0.05, 0) is 32.9 Å². The van der Waals surface area contributed by atoms with Crippen molar-refractivity contribution in [2.24, 2.45) is 0 Å². The summed E-state index contributed by atoms with van der Waals surface area (Å²) in [6.07, 6.45) is 1.40. The van der Waals surface area contributed by atoms with Crippen LogP contribution in [0.25, 0.3) is 0 Å². The summed E-state index contributed by atoms with van der Waals surface area (Å²) in [7, 11) is 0. The number of nitrogen functional groups attached to an aromatic ring is 1. The number of Topliss-reactive ketones (excluding diaryl/α,β-unsaturated/α-hetero) is 3. The van der Waals surface area contributed by atoms with Gasteiger partial charge in [0, 0.05) is 11.9 Å². The third-order valence-electron chi connectivity index (χ3n) is 4.60. The van der Waals surface area contributed by atoms with E-state index in [1.807, 2.05) is 0 Å². The van der Waals surface area contributed by atoms with Crippen LogP contribution in [0, 0.1) is 0 Å². The van der Waals surface area contributed by atoms with Gasteiger partial charge >= 0.3 is 0 Å². The smallest absolute Gasteiger partial charge is 0.208 e. The number of anilines is 1. The fourth-order valence-electron chi connectivity index (χ4n) is 2.98. The first-order valence-electron chi connectivity index (χ1n) is 7.62. The molecule has 1 saturated heterocycles. The van der Waals surface area contributed by atoms with Gasteiger partial charge in [-0.15, -0.1) is 11.8 Å². The minimum Gasteiger partial charge on any atom is -0.472 e. The summed E-state index contributed by atoms with van der Waals surface area (Å²) in [6.45, 7) is 2.74. The van der Waals surface area contributed by atoms with Gasteiger partial charge in [0.15, 0.2) is 45.6 Å². The van der Waals surface area contributed by atoms with E-state index in [0.717, 1.165) is 20.8 Å². The van der Waals surface area contributed by atoms with Gasteiger partial charge in [0.25, 0.3) is 0 Å². The van der Waals surface area contributed by atoms with E-state index < -0.39 is 45.3 Å². The molecule has 0 radical (unpaired) electrons. The number of aliphatic hydroxyl groups is 3. The lowest BCUT2D eigenvalue weighted by atomic mass is 9.65. The molecule has 0 aliphatic carbocycles. The van der Waals surface area contributed by atoms with Gasteiger partial charge in [0.1, 0.15) is 0 Å². The average molecular weight is 384 g/mol. The van der Waals surface area contributed by atoms with Crippen LogP contribution >= 0.6 is 11.8 Å². The number of hydrogen-bond donors (Lipinski definition) is 4.